The molecule has 0 radical (unpaired) electrons. The molecule has 2 aromatic heterocycles. The van der Waals surface area contributed by atoms with E-state index in [9.17, 15) is 0 Å². The van der Waals surface area contributed by atoms with Crippen LogP contribution < -0.4 is 5.73 Å². The summed E-state index contributed by atoms with van der Waals surface area (Å²) < 4.78 is 0. The zero-order valence-corrected chi connectivity index (χ0v) is 13.9. The van der Waals surface area contributed by atoms with Crippen LogP contribution in [0.25, 0.3) is 11.3 Å². The van der Waals surface area contributed by atoms with Crippen LogP contribution >= 0.6 is 11.3 Å². The largest absolute Gasteiger partial charge is 0.370 e. The van der Waals surface area contributed by atoms with Crippen LogP contribution in [0, 0.1) is 11.8 Å². The highest BCUT2D eigenvalue weighted by molar-refractivity contribution is 7.10. The summed E-state index contributed by atoms with van der Waals surface area (Å²) in [5.74, 6) is 6.27. The van der Waals surface area contributed by atoms with E-state index in [1.165, 1.54) is 0 Å². The summed E-state index contributed by atoms with van der Waals surface area (Å²) >= 11 is 1.65. The normalized spacial score (nSPS) is 17.5. The number of aliphatic imine (C=N–C) groups is 1. The van der Waals surface area contributed by atoms with E-state index < -0.39 is 0 Å². The SMILES string of the molecule is C=C1CC(c2cc(-c3cncc(C#CC)n3)cs2)N=C(N)N1C. The van der Waals surface area contributed by atoms with E-state index in [1.807, 2.05) is 11.9 Å². The Bertz CT molecular complexity index is 840. The van der Waals surface area contributed by atoms with Gasteiger partial charge in [0.05, 0.1) is 24.1 Å². The van der Waals surface area contributed by atoms with Crippen LogP contribution in [0.1, 0.15) is 30.0 Å². The Morgan fingerprint density at radius 2 is 2.26 bits per heavy atom. The summed E-state index contributed by atoms with van der Waals surface area (Å²) in [5.41, 5.74) is 9.43. The average molecular weight is 323 g/mol. The third kappa shape index (κ3) is 3.10. The van der Waals surface area contributed by atoms with Crippen molar-refractivity contribution >= 4 is 17.3 Å². The van der Waals surface area contributed by atoms with Crippen molar-refractivity contribution in [3.63, 3.8) is 0 Å². The van der Waals surface area contributed by atoms with Crippen molar-refractivity contribution in [3.8, 4) is 23.1 Å². The topological polar surface area (TPSA) is 67.4 Å². The lowest BCUT2D eigenvalue weighted by atomic mass is 10.1. The summed E-state index contributed by atoms with van der Waals surface area (Å²) in [6, 6.07) is 2.11. The molecule has 23 heavy (non-hydrogen) atoms. The second-order valence-electron chi connectivity index (χ2n) is 5.23. The molecule has 0 fully saturated rings. The molecule has 1 unspecified atom stereocenters. The molecule has 3 heterocycles. The van der Waals surface area contributed by atoms with Gasteiger partial charge in [-0.3, -0.25) is 4.98 Å². The first-order chi connectivity index (χ1) is 11.1. The van der Waals surface area contributed by atoms with E-state index in [0.717, 1.165) is 28.3 Å². The van der Waals surface area contributed by atoms with E-state index in [4.69, 9.17) is 5.73 Å². The Morgan fingerprint density at radius 1 is 1.43 bits per heavy atom. The maximum Gasteiger partial charge on any atom is 0.195 e. The van der Waals surface area contributed by atoms with Crippen LogP contribution in [0.4, 0.5) is 0 Å². The van der Waals surface area contributed by atoms with Gasteiger partial charge in [0.15, 0.2) is 5.96 Å². The number of hydrogen-bond acceptors (Lipinski definition) is 6. The minimum atomic E-state index is 0.0176. The summed E-state index contributed by atoms with van der Waals surface area (Å²) in [4.78, 5) is 16.2. The Hall–Kier alpha value is -2.65. The third-order valence-corrected chi connectivity index (χ3v) is 4.70. The Labute approximate surface area is 139 Å². The van der Waals surface area contributed by atoms with Gasteiger partial charge in [0.2, 0.25) is 0 Å². The summed E-state index contributed by atoms with van der Waals surface area (Å²) in [6.07, 6.45) is 4.18. The van der Waals surface area contributed by atoms with E-state index in [0.29, 0.717) is 11.7 Å². The molecule has 0 saturated carbocycles. The fourth-order valence-corrected chi connectivity index (χ4v) is 3.27. The van der Waals surface area contributed by atoms with Crippen molar-refractivity contribution in [2.75, 3.05) is 7.05 Å². The van der Waals surface area contributed by atoms with E-state index in [1.54, 1.807) is 30.7 Å². The van der Waals surface area contributed by atoms with Crippen LogP contribution in [-0.2, 0) is 0 Å². The molecule has 3 rings (SSSR count). The maximum atomic E-state index is 5.95. The van der Waals surface area contributed by atoms with Gasteiger partial charge in [0.1, 0.15) is 5.69 Å². The van der Waals surface area contributed by atoms with Crippen molar-refractivity contribution in [1.29, 1.82) is 0 Å². The van der Waals surface area contributed by atoms with Crippen LogP contribution in [0.3, 0.4) is 0 Å². The number of thiophene rings is 1. The van der Waals surface area contributed by atoms with Crippen LogP contribution in [0.15, 0.2) is 41.1 Å². The molecule has 0 bridgehead atoms. The summed E-state index contributed by atoms with van der Waals surface area (Å²) in [7, 11) is 1.88. The second-order valence-corrected chi connectivity index (χ2v) is 6.18. The van der Waals surface area contributed by atoms with Gasteiger partial charge in [-0.1, -0.05) is 12.5 Å². The molecule has 1 atom stereocenters. The smallest absolute Gasteiger partial charge is 0.195 e. The maximum absolute atomic E-state index is 5.95. The molecule has 0 aromatic carbocycles. The Morgan fingerprint density at radius 3 is 3.00 bits per heavy atom. The van der Waals surface area contributed by atoms with Crippen molar-refractivity contribution < 1.29 is 0 Å². The van der Waals surface area contributed by atoms with Crippen LogP contribution in [-0.4, -0.2) is 27.9 Å². The number of hydrogen-bond donors (Lipinski definition) is 1. The van der Waals surface area contributed by atoms with Gasteiger partial charge in [-0.05, 0) is 18.9 Å². The average Bonchev–Trinajstić information content (AvgIpc) is 3.03. The molecule has 116 valence electrons. The molecule has 6 heteroatoms. The highest BCUT2D eigenvalue weighted by Gasteiger charge is 2.23. The first kappa shape index (κ1) is 15.3. The molecule has 0 aliphatic carbocycles. The van der Waals surface area contributed by atoms with Crippen molar-refractivity contribution in [2.24, 2.45) is 10.7 Å². The predicted octanol–water partition coefficient (Wildman–Crippen LogP) is 2.78. The molecule has 2 N–H and O–H groups in total. The number of nitrogens with two attached hydrogens (primary N) is 1. The minimum absolute atomic E-state index is 0.0176. The van der Waals surface area contributed by atoms with Gasteiger partial charge < -0.3 is 10.6 Å². The van der Waals surface area contributed by atoms with Gasteiger partial charge >= 0.3 is 0 Å². The predicted molar refractivity (Wildman–Crippen MR) is 93.8 cm³/mol. The van der Waals surface area contributed by atoms with Gasteiger partial charge in [-0.2, -0.15) is 0 Å². The lowest BCUT2D eigenvalue weighted by Crippen LogP contribution is -2.36. The van der Waals surface area contributed by atoms with Crippen molar-refractivity contribution in [2.45, 2.75) is 19.4 Å². The van der Waals surface area contributed by atoms with Gasteiger partial charge in [-0.15, -0.1) is 11.3 Å². The van der Waals surface area contributed by atoms with Crippen LogP contribution in [0.2, 0.25) is 0 Å². The molecule has 5 nitrogen and oxygen atoms in total. The lowest BCUT2D eigenvalue weighted by Gasteiger charge is -2.28. The molecular formula is C17H17N5S. The molecule has 1 aliphatic heterocycles. The van der Waals surface area contributed by atoms with E-state index in [2.05, 4.69) is 44.8 Å². The van der Waals surface area contributed by atoms with Gasteiger partial charge in [0, 0.05) is 35.0 Å². The van der Waals surface area contributed by atoms with Crippen LogP contribution in [0.5, 0.6) is 0 Å². The fraction of sp³-hybridized carbons (Fsp3) is 0.235. The molecule has 2 aromatic rings. The second kappa shape index (κ2) is 6.23. The van der Waals surface area contributed by atoms with Crippen molar-refractivity contribution in [1.82, 2.24) is 14.9 Å². The van der Waals surface area contributed by atoms with Gasteiger partial charge in [-0.25, -0.2) is 9.98 Å². The first-order valence-electron chi connectivity index (χ1n) is 7.17. The molecule has 0 amide bonds. The standard InChI is InChI=1S/C17H17N5S/c1-4-5-13-8-19-9-15(20-13)12-7-16(23-10-12)14-6-11(2)22(3)17(18)21-14/h7-10,14H,2,6H2,1,3H3,(H2,18,21). The number of nitrogens with zero attached hydrogens (tertiary/aromatic N) is 4. The number of guanidine groups is 1. The Balaban J connectivity index is 1.90. The molecular weight excluding hydrogens is 306 g/mol. The Kier molecular flexibility index (Phi) is 4.13. The zero-order chi connectivity index (χ0) is 16.4. The monoisotopic (exact) mass is 323 g/mol. The minimum Gasteiger partial charge on any atom is -0.370 e. The molecule has 0 spiro atoms. The third-order valence-electron chi connectivity index (χ3n) is 3.67. The number of rotatable bonds is 2. The molecule has 1 aliphatic rings. The highest BCUT2D eigenvalue weighted by Crippen LogP contribution is 2.35. The summed E-state index contributed by atoms with van der Waals surface area (Å²) in [5, 5.41) is 2.06. The quantitative estimate of drug-likeness (QED) is 0.863. The first-order valence-corrected chi connectivity index (χ1v) is 8.05. The van der Waals surface area contributed by atoms with E-state index in [-0.39, 0.29) is 6.04 Å². The summed E-state index contributed by atoms with van der Waals surface area (Å²) in [6.45, 7) is 5.83. The fourth-order valence-electron chi connectivity index (χ4n) is 2.33. The highest BCUT2D eigenvalue weighted by atomic mass is 32.1. The number of aromatic nitrogens is 2. The van der Waals surface area contributed by atoms with Crippen molar-refractivity contribution in [3.05, 3.63) is 46.7 Å². The van der Waals surface area contributed by atoms with E-state index >= 15 is 0 Å². The van der Waals surface area contributed by atoms with Gasteiger partial charge in [0.25, 0.3) is 0 Å². The lowest BCUT2D eigenvalue weighted by molar-refractivity contribution is 0.508. The molecule has 0 saturated heterocycles. The zero-order valence-electron chi connectivity index (χ0n) is 13.1.